The minimum absolute atomic E-state index is 0.0203. The Morgan fingerprint density at radius 3 is 2.15 bits per heavy atom. The van der Waals surface area contributed by atoms with E-state index in [0.717, 1.165) is 17.7 Å². The predicted molar refractivity (Wildman–Crippen MR) is 134 cm³/mol. The maximum Gasteiger partial charge on any atom is 0.272 e. The number of benzene rings is 1. The average molecular weight is 473 g/mol. The molecule has 0 bridgehead atoms. The fourth-order valence-corrected chi connectivity index (χ4v) is 3.62. The zero-order valence-electron chi connectivity index (χ0n) is 21.8. The number of rotatable bonds is 12. The van der Waals surface area contributed by atoms with Crippen molar-refractivity contribution >= 4 is 11.8 Å². The maximum atomic E-state index is 13.3. The quantitative estimate of drug-likeness (QED) is 0.476. The molecular weight excluding hydrogens is 432 g/mol. The molecule has 8 nitrogen and oxygen atoms in total. The van der Waals surface area contributed by atoms with Crippen LogP contribution >= 0.6 is 0 Å². The largest absolute Gasteiger partial charge is 0.496 e. The predicted octanol–water partition coefficient (Wildman–Crippen LogP) is 4.46. The molecule has 0 aliphatic rings. The first-order chi connectivity index (χ1) is 16.1. The van der Waals surface area contributed by atoms with Gasteiger partial charge in [-0.2, -0.15) is 5.10 Å². The summed E-state index contributed by atoms with van der Waals surface area (Å²) in [5.74, 6) is 1.25. The molecule has 1 aromatic heterocycles. The van der Waals surface area contributed by atoms with Gasteiger partial charge >= 0.3 is 0 Å². The first-order valence-corrected chi connectivity index (χ1v) is 12.0. The van der Waals surface area contributed by atoms with Crippen molar-refractivity contribution in [2.75, 3.05) is 20.8 Å². The summed E-state index contributed by atoms with van der Waals surface area (Å²) in [6.07, 6.45) is 1.09. The second-order valence-corrected chi connectivity index (χ2v) is 9.26. The summed E-state index contributed by atoms with van der Waals surface area (Å²) >= 11 is 0. The smallest absolute Gasteiger partial charge is 0.272 e. The lowest BCUT2D eigenvalue weighted by Gasteiger charge is -2.22. The van der Waals surface area contributed by atoms with Gasteiger partial charge in [0.15, 0.2) is 5.69 Å². The van der Waals surface area contributed by atoms with Crippen molar-refractivity contribution in [1.82, 2.24) is 20.4 Å². The van der Waals surface area contributed by atoms with Crippen molar-refractivity contribution in [3.05, 3.63) is 30.0 Å². The van der Waals surface area contributed by atoms with Gasteiger partial charge < -0.3 is 20.1 Å². The van der Waals surface area contributed by atoms with Crippen LogP contribution in [-0.4, -0.2) is 48.4 Å². The number of carbonyl (C=O) groups excluding carboxylic acids is 2. The normalized spacial score (nSPS) is 13.0. The lowest BCUT2D eigenvalue weighted by atomic mass is 10.00. The molecule has 0 aliphatic carbocycles. The molecule has 0 radical (unpaired) electrons. The molecule has 34 heavy (non-hydrogen) atoms. The summed E-state index contributed by atoms with van der Waals surface area (Å²) in [6.45, 7) is 12.9. The van der Waals surface area contributed by atoms with Gasteiger partial charge in [0.2, 0.25) is 5.91 Å². The third kappa shape index (κ3) is 6.52. The van der Waals surface area contributed by atoms with Crippen LogP contribution in [0.1, 0.15) is 70.9 Å². The van der Waals surface area contributed by atoms with Crippen molar-refractivity contribution in [2.24, 2.45) is 11.8 Å². The first-order valence-electron chi connectivity index (χ1n) is 12.0. The number of ether oxygens (including phenoxy) is 2. The van der Waals surface area contributed by atoms with E-state index in [1.807, 2.05) is 43.7 Å². The van der Waals surface area contributed by atoms with Crippen molar-refractivity contribution < 1.29 is 19.1 Å². The second kappa shape index (κ2) is 12.4. The molecule has 1 heterocycles. The Hall–Kier alpha value is -3.03. The molecule has 2 amide bonds. The molecule has 2 N–H and O–H groups in total. The van der Waals surface area contributed by atoms with Crippen LogP contribution in [0.15, 0.2) is 24.3 Å². The van der Waals surface area contributed by atoms with Crippen molar-refractivity contribution in [1.29, 1.82) is 0 Å². The number of hydrogen-bond donors (Lipinski definition) is 2. The van der Waals surface area contributed by atoms with Gasteiger partial charge in [-0.1, -0.05) is 40.7 Å². The van der Waals surface area contributed by atoms with Gasteiger partial charge in [0.05, 0.1) is 31.5 Å². The number of aromatic nitrogens is 2. The number of nitrogens with one attached hydrogen (secondary N) is 2. The van der Waals surface area contributed by atoms with E-state index in [4.69, 9.17) is 14.6 Å². The van der Waals surface area contributed by atoms with Crippen LogP contribution in [0.25, 0.3) is 11.3 Å². The molecule has 2 atom stereocenters. The minimum Gasteiger partial charge on any atom is -0.496 e. The highest BCUT2D eigenvalue weighted by Crippen LogP contribution is 2.40. The number of amides is 2. The number of carbonyl (C=O) groups is 2. The van der Waals surface area contributed by atoms with E-state index in [1.165, 1.54) is 0 Å². The van der Waals surface area contributed by atoms with Gasteiger partial charge in [-0.3, -0.25) is 14.3 Å². The Morgan fingerprint density at radius 1 is 1.03 bits per heavy atom. The lowest BCUT2D eigenvalue weighted by molar-refractivity contribution is -0.121. The third-order valence-electron chi connectivity index (χ3n) is 6.10. The van der Waals surface area contributed by atoms with Crippen LogP contribution < -0.4 is 20.1 Å². The van der Waals surface area contributed by atoms with Crippen LogP contribution in [0.3, 0.4) is 0 Å². The highest BCUT2D eigenvalue weighted by Gasteiger charge is 2.27. The van der Waals surface area contributed by atoms with Crippen molar-refractivity contribution in [3.8, 4) is 22.8 Å². The highest BCUT2D eigenvalue weighted by atomic mass is 16.5. The standard InChI is InChI=1S/C26H40N4O4/c1-9-13-27-24(31)15-19(17(4)5)28-26(32)20-14-21(30(29-20)18(6)16(2)3)25-22(33-7)11-10-12-23(25)34-8/h10-12,14,16-19H,9,13,15H2,1-8H3,(H,27,31)(H,28,32). The van der Waals surface area contributed by atoms with Crippen LogP contribution in [0.4, 0.5) is 0 Å². The van der Waals surface area contributed by atoms with Gasteiger partial charge in [-0.25, -0.2) is 0 Å². The number of hydrogen-bond acceptors (Lipinski definition) is 5. The zero-order chi connectivity index (χ0) is 25.4. The summed E-state index contributed by atoms with van der Waals surface area (Å²) in [5.41, 5.74) is 1.77. The van der Waals surface area contributed by atoms with Crippen LogP contribution in [0, 0.1) is 11.8 Å². The van der Waals surface area contributed by atoms with Crippen LogP contribution in [0.5, 0.6) is 11.5 Å². The Bertz CT molecular complexity index is 945. The Kier molecular flexibility index (Phi) is 9.96. The van der Waals surface area contributed by atoms with E-state index < -0.39 is 0 Å². The summed E-state index contributed by atoms with van der Waals surface area (Å²) in [6, 6.07) is 7.06. The first kappa shape index (κ1) is 27.2. The Labute approximate surface area is 203 Å². The van der Waals surface area contributed by atoms with E-state index >= 15 is 0 Å². The summed E-state index contributed by atoms with van der Waals surface area (Å²) in [5, 5.41) is 10.6. The molecular formula is C26H40N4O4. The summed E-state index contributed by atoms with van der Waals surface area (Å²) in [7, 11) is 3.21. The van der Waals surface area contributed by atoms with Gasteiger partial charge in [-0.15, -0.1) is 0 Å². The molecule has 188 valence electrons. The van der Waals surface area contributed by atoms with Crippen LogP contribution in [0.2, 0.25) is 0 Å². The molecule has 2 aromatic rings. The molecule has 0 spiro atoms. The molecule has 2 rings (SSSR count). The monoisotopic (exact) mass is 472 g/mol. The lowest BCUT2D eigenvalue weighted by Crippen LogP contribution is -2.42. The fourth-order valence-electron chi connectivity index (χ4n) is 3.62. The third-order valence-corrected chi connectivity index (χ3v) is 6.10. The van der Waals surface area contributed by atoms with E-state index in [0.29, 0.717) is 18.0 Å². The minimum atomic E-state index is -0.313. The van der Waals surface area contributed by atoms with E-state index in [1.54, 1.807) is 20.3 Å². The average Bonchev–Trinajstić information content (AvgIpc) is 3.25. The van der Waals surface area contributed by atoms with Gasteiger partial charge in [0, 0.05) is 19.0 Å². The van der Waals surface area contributed by atoms with E-state index in [9.17, 15) is 9.59 Å². The Morgan fingerprint density at radius 2 is 1.65 bits per heavy atom. The Balaban J connectivity index is 2.46. The number of methoxy groups -OCH3 is 2. The maximum absolute atomic E-state index is 13.3. The van der Waals surface area contributed by atoms with E-state index in [-0.39, 0.29) is 47.8 Å². The fraction of sp³-hybridized carbons (Fsp3) is 0.577. The topological polar surface area (TPSA) is 94.5 Å². The highest BCUT2D eigenvalue weighted by molar-refractivity contribution is 5.94. The summed E-state index contributed by atoms with van der Waals surface area (Å²) in [4.78, 5) is 25.5. The van der Waals surface area contributed by atoms with Crippen molar-refractivity contribution in [3.63, 3.8) is 0 Å². The van der Waals surface area contributed by atoms with Crippen LogP contribution in [-0.2, 0) is 4.79 Å². The van der Waals surface area contributed by atoms with Gasteiger partial charge in [-0.05, 0) is 43.4 Å². The second-order valence-electron chi connectivity index (χ2n) is 9.26. The molecule has 0 saturated heterocycles. The van der Waals surface area contributed by atoms with Crippen molar-refractivity contribution in [2.45, 2.75) is 66.5 Å². The molecule has 1 aromatic carbocycles. The summed E-state index contributed by atoms with van der Waals surface area (Å²) < 4.78 is 13.1. The molecule has 8 heteroatoms. The molecule has 0 aliphatic heterocycles. The molecule has 0 fully saturated rings. The molecule has 2 unspecified atom stereocenters. The SMILES string of the molecule is CCCNC(=O)CC(NC(=O)c1cc(-c2c(OC)cccc2OC)n(C(C)C(C)C)n1)C(C)C. The number of nitrogens with zero attached hydrogens (tertiary/aromatic N) is 2. The van der Waals surface area contributed by atoms with E-state index in [2.05, 4.69) is 31.4 Å². The molecule has 0 saturated carbocycles. The van der Waals surface area contributed by atoms with Gasteiger partial charge in [0.1, 0.15) is 11.5 Å². The zero-order valence-corrected chi connectivity index (χ0v) is 21.8. The van der Waals surface area contributed by atoms with Gasteiger partial charge in [0.25, 0.3) is 5.91 Å².